The molecule has 0 aliphatic carbocycles. The molecule has 0 spiro atoms. The molecule has 0 unspecified atom stereocenters. The highest BCUT2D eigenvalue weighted by Gasteiger charge is 2.18. The van der Waals surface area contributed by atoms with Gasteiger partial charge in [0.15, 0.2) is 0 Å². The van der Waals surface area contributed by atoms with Crippen LogP contribution in [0.2, 0.25) is 0 Å². The lowest BCUT2D eigenvalue weighted by atomic mass is 10.2. The Bertz CT molecular complexity index is 522. The normalized spacial score (nSPS) is 10.4. The Labute approximate surface area is 97.3 Å². The molecule has 0 aliphatic rings. The zero-order valence-corrected chi connectivity index (χ0v) is 9.93. The lowest BCUT2D eigenvalue weighted by Gasteiger charge is -2.02. The van der Waals surface area contributed by atoms with Crippen molar-refractivity contribution < 1.29 is 9.53 Å². The predicted octanol–water partition coefficient (Wildman–Crippen LogP) is 2.51. The summed E-state index contributed by atoms with van der Waals surface area (Å²) in [6, 6.07) is 1.89. The largest absolute Gasteiger partial charge is 0.462 e. The van der Waals surface area contributed by atoms with Crippen molar-refractivity contribution in [2.24, 2.45) is 0 Å². The Morgan fingerprint density at radius 3 is 3.12 bits per heavy atom. The van der Waals surface area contributed by atoms with Crippen LogP contribution in [0.5, 0.6) is 0 Å². The van der Waals surface area contributed by atoms with E-state index in [9.17, 15) is 4.79 Å². The second-order valence-electron chi connectivity index (χ2n) is 3.15. The van der Waals surface area contributed by atoms with Gasteiger partial charge in [0.05, 0.1) is 17.0 Å². The first-order valence-electron chi connectivity index (χ1n) is 4.99. The van der Waals surface area contributed by atoms with Gasteiger partial charge in [0.2, 0.25) is 0 Å². The number of hydrogen-bond acceptors (Lipinski definition) is 5. The quantitative estimate of drug-likeness (QED) is 0.832. The maximum atomic E-state index is 11.7. The number of fused-ring (bicyclic) bond motifs is 1. The van der Waals surface area contributed by atoms with Crippen LogP contribution < -0.4 is 5.32 Å². The Balaban J connectivity index is 2.56. The average Bonchev–Trinajstić information content (AvgIpc) is 2.67. The zero-order valence-electron chi connectivity index (χ0n) is 9.11. The van der Waals surface area contributed by atoms with Crippen LogP contribution in [0.4, 0.5) is 5.69 Å². The lowest BCUT2D eigenvalue weighted by Crippen LogP contribution is -2.04. The van der Waals surface area contributed by atoms with Crippen LogP contribution >= 0.6 is 11.3 Å². The first kappa shape index (κ1) is 10.9. The van der Waals surface area contributed by atoms with Crippen molar-refractivity contribution in [3.8, 4) is 0 Å². The lowest BCUT2D eigenvalue weighted by molar-refractivity contribution is 0.0533. The Morgan fingerprint density at radius 2 is 2.44 bits per heavy atom. The fourth-order valence-electron chi connectivity index (χ4n) is 1.54. The number of thiophene rings is 1. The summed E-state index contributed by atoms with van der Waals surface area (Å²) >= 11 is 1.40. The first-order chi connectivity index (χ1) is 7.77. The topological polar surface area (TPSA) is 51.2 Å². The van der Waals surface area contributed by atoms with Gasteiger partial charge in [-0.3, -0.25) is 4.98 Å². The summed E-state index contributed by atoms with van der Waals surface area (Å²) in [6.07, 6.45) is 3.47. The van der Waals surface area contributed by atoms with E-state index in [1.807, 2.05) is 6.07 Å². The number of aromatic nitrogens is 1. The van der Waals surface area contributed by atoms with Crippen LogP contribution in [0.1, 0.15) is 16.6 Å². The number of anilines is 1. The molecule has 84 valence electrons. The summed E-state index contributed by atoms with van der Waals surface area (Å²) in [6.45, 7) is 2.18. The molecule has 2 aromatic rings. The van der Waals surface area contributed by atoms with Crippen LogP contribution in [-0.2, 0) is 4.74 Å². The van der Waals surface area contributed by atoms with E-state index in [0.717, 1.165) is 15.8 Å². The highest BCUT2D eigenvalue weighted by atomic mass is 32.1. The molecule has 0 amide bonds. The van der Waals surface area contributed by atoms with Crippen molar-refractivity contribution in [3.05, 3.63) is 23.3 Å². The van der Waals surface area contributed by atoms with Crippen molar-refractivity contribution >= 4 is 33.1 Å². The number of nitrogens with zero attached hydrogens (tertiary/aromatic N) is 1. The van der Waals surface area contributed by atoms with Gasteiger partial charge < -0.3 is 10.1 Å². The maximum absolute atomic E-state index is 11.7. The van der Waals surface area contributed by atoms with Gasteiger partial charge in [0, 0.05) is 24.8 Å². The van der Waals surface area contributed by atoms with Gasteiger partial charge in [-0.25, -0.2) is 4.79 Å². The minimum atomic E-state index is -0.284. The number of carbonyl (C=O) groups excluding carboxylic acids is 1. The molecule has 0 radical (unpaired) electrons. The molecule has 0 atom stereocenters. The molecule has 2 aromatic heterocycles. The molecule has 5 heteroatoms. The molecule has 0 saturated carbocycles. The van der Waals surface area contributed by atoms with Crippen LogP contribution in [-0.4, -0.2) is 24.6 Å². The van der Waals surface area contributed by atoms with Gasteiger partial charge in [-0.1, -0.05) is 0 Å². The minimum Gasteiger partial charge on any atom is -0.462 e. The summed E-state index contributed by atoms with van der Waals surface area (Å²) in [5.41, 5.74) is 0.820. The molecule has 0 bridgehead atoms. The van der Waals surface area contributed by atoms with E-state index in [-0.39, 0.29) is 5.97 Å². The number of nitrogens with one attached hydrogen (secondary N) is 1. The summed E-state index contributed by atoms with van der Waals surface area (Å²) in [5, 5.41) is 4.04. The third-order valence-corrected chi connectivity index (χ3v) is 3.32. The fraction of sp³-hybridized carbons (Fsp3) is 0.273. The van der Waals surface area contributed by atoms with Gasteiger partial charge in [0.25, 0.3) is 0 Å². The second kappa shape index (κ2) is 4.49. The molecular formula is C11H12N2O2S. The highest BCUT2D eigenvalue weighted by molar-refractivity contribution is 7.21. The van der Waals surface area contributed by atoms with E-state index in [1.54, 1.807) is 26.4 Å². The summed E-state index contributed by atoms with van der Waals surface area (Å²) < 4.78 is 5.99. The van der Waals surface area contributed by atoms with Gasteiger partial charge >= 0.3 is 5.97 Å². The third-order valence-electron chi connectivity index (χ3n) is 2.20. The van der Waals surface area contributed by atoms with Gasteiger partial charge in [-0.15, -0.1) is 11.3 Å². The molecule has 0 aromatic carbocycles. The predicted molar refractivity (Wildman–Crippen MR) is 65.1 cm³/mol. The molecular weight excluding hydrogens is 224 g/mol. The van der Waals surface area contributed by atoms with Gasteiger partial charge in [-0.05, 0) is 13.0 Å². The van der Waals surface area contributed by atoms with Crippen LogP contribution in [0.3, 0.4) is 0 Å². The number of hydrogen-bond donors (Lipinski definition) is 1. The molecule has 1 N–H and O–H groups in total. The fourth-order valence-corrected chi connectivity index (χ4v) is 2.61. The van der Waals surface area contributed by atoms with Crippen molar-refractivity contribution in [3.63, 3.8) is 0 Å². The van der Waals surface area contributed by atoms with E-state index in [4.69, 9.17) is 4.74 Å². The maximum Gasteiger partial charge on any atom is 0.350 e. The first-order valence-corrected chi connectivity index (χ1v) is 5.81. The van der Waals surface area contributed by atoms with Crippen LogP contribution in [0.25, 0.3) is 10.1 Å². The van der Waals surface area contributed by atoms with Crippen molar-refractivity contribution in [2.75, 3.05) is 19.0 Å². The van der Waals surface area contributed by atoms with E-state index >= 15 is 0 Å². The molecule has 0 fully saturated rings. The molecule has 2 heterocycles. The Morgan fingerprint density at radius 1 is 1.62 bits per heavy atom. The minimum absolute atomic E-state index is 0.284. The highest BCUT2D eigenvalue weighted by Crippen LogP contribution is 2.35. The van der Waals surface area contributed by atoms with E-state index in [0.29, 0.717) is 11.5 Å². The summed E-state index contributed by atoms with van der Waals surface area (Å²) in [7, 11) is 1.80. The van der Waals surface area contributed by atoms with Crippen LogP contribution in [0, 0.1) is 0 Å². The summed E-state index contributed by atoms with van der Waals surface area (Å²) in [5.74, 6) is -0.284. The third kappa shape index (κ3) is 1.74. The van der Waals surface area contributed by atoms with Crippen molar-refractivity contribution in [1.82, 2.24) is 4.98 Å². The van der Waals surface area contributed by atoms with E-state index < -0.39 is 0 Å². The Kier molecular flexibility index (Phi) is 3.05. The van der Waals surface area contributed by atoms with E-state index in [2.05, 4.69) is 10.3 Å². The molecule has 4 nitrogen and oxygen atoms in total. The van der Waals surface area contributed by atoms with Crippen molar-refractivity contribution in [1.29, 1.82) is 0 Å². The van der Waals surface area contributed by atoms with Gasteiger partial charge in [0.1, 0.15) is 4.88 Å². The molecule has 0 saturated heterocycles. The molecule has 2 rings (SSSR count). The number of rotatable bonds is 3. The second-order valence-corrected chi connectivity index (χ2v) is 4.20. The number of pyridine rings is 1. The average molecular weight is 236 g/mol. The molecule has 0 aliphatic heterocycles. The Hall–Kier alpha value is -1.62. The SMILES string of the molecule is CCOC(=O)c1sc2cnccc2c1NC. The number of carbonyl (C=O) groups is 1. The van der Waals surface area contributed by atoms with Crippen molar-refractivity contribution in [2.45, 2.75) is 6.92 Å². The standard InChI is InChI=1S/C11H12N2O2S/c1-3-15-11(14)10-9(12-2)7-4-5-13-6-8(7)16-10/h4-6,12H,3H2,1-2H3. The van der Waals surface area contributed by atoms with Crippen LogP contribution in [0.15, 0.2) is 18.5 Å². The zero-order chi connectivity index (χ0) is 11.5. The monoisotopic (exact) mass is 236 g/mol. The smallest absolute Gasteiger partial charge is 0.350 e. The van der Waals surface area contributed by atoms with E-state index in [1.165, 1.54) is 11.3 Å². The van der Waals surface area contributed by atoms with Gasteiger partial charge in [-0.2, -0.15) is 0 Å². The molecule has 16 heavy (non-hydrogen) atoms. The summed E-state index contributed by atoms with van der Waals surface area (Å²) in [4.78, 5) is 16.4. The number of esters is 1. The number of ether oxygens (including phenoxy) is 1.